The molecule has 6 nitrogen and oxygen atoms in total. The van der Waals surface area contributed by atoms with Crippen molar-refractivity contribution in [2.45, 2.75) is 24.9 Å². The predicted octanol–water partition coefficient (Wildman–Crippen LogP) is 2.05. The summed E-state index contributed by atoms with van der Waals surface area (Å²) in [7, 11) is 0. The van der Waals surface area contributed by atoms with Crippen LogP contribution in [0.2, 0.25) is 0 Å². The van der Waals surface area contributed by atoms with Gasteiger partial charge >= 0.3 is 0 Å². The van der Waals surface area contributed by atoms with Gasteiger partial charge in [0.1, 0.15) is 6.07 Å². The molecule has 156 valence electrons. The second kappa shape index (κ2) is 9.29. The van der Waals surface area contributed by atoms with Crippen molar-refractivity contribution in [3.8, 4) is 6.07 Å². The largest absolute Gasteiger partial charge is 0.367 e. The normalized spacial score (nSPS) is 24.5. The number of likely N-dealkylation sites (tertiary alicyclic amines) is 1. The molecule has 1 aliphatic carbocycles. The number of hydrogen-bond acceptors (Lipinski definition) is 5. The molecule has 4 rings (SSSR count). The lowest BCUT2D eigenvalue weighted by Crippen LogP contribution is -2.54. The van der Waals surface area contributed by atoms with Crippen LogP contribution in [-0.2, 0) is 4.79 Å². The van der Waals surface area contributed by atoms with Gasteiger partial charge in [0.25, 0.3) is 0 Å². The van der Waals surface area contributed by atoms with Crippen LogP contribution in [0.4, 0.5) is 5.69 Å². The zero-order chi connectivity index (χ0) is 20.9. The number of anilines is 1. The fourth-order valence-electron chi connectivity index (χ4n) is 4.56. The lowest BCUT2D eigenvalue weighted by atomic mass is 10.1. The molecule has 0 radical (unpaired) electrons. The standard InChI is InChI=1S/C24H29N5O/c25-16-20-9-5-6-10-22(20)27-11-13-28(14-12-27)24(30)23-15-21(26)18-29(23)17-19-7-3-1-2-4-8-19/h1,3-10,21,23H,2,11-15,17-18,26H2. The molecule has 6 heteroatoms. The summed E-state index contributed by atoms with van der Waals surface area (Å²) in [5.41, 5.74) is 9.10. The zero-order valence-electron chi connectivity index (χ0n) is 17.3. The summed E-state index contributed by atoms with van der Waals surface area (Å²) in [5, 5.41) is 9.37. The van der Waals surface area contributed by atoms with Crippen LogP contribution in [-0.4, -0.2) is 67.1 Å². The van der Waals surface area contributed by atoms with Gasteiger partial charge in [0, 0.05) is 45.3 Å². The average Bonchev–Trinajstić information content (AvgIpc) is 2.97. The second-order valence-corrected chi connectivity index (χ2v) is 8.19. The number of benzene rings is 1. The second-order valence-electron chi connectivity index (χ2n) is 8.19. The minimum atomic E-state index is -0.153. The minimum Gasteiger partial charge on any atom is -0.367 e. The SMILES string of the molecule is N#Cc1ccccc1N1CCN(C(=O)C2CC(N)CN2CC2=CC=CCC=C2)CC1. The van der Waals surface area contributed by atoms with Gasteiger partial charge in [-0.3, -0.25) is 9.69 Å². The number of hydrogen-bond donors (Lipinski definition) is 1. The van der Waals surface area contributed by atoms with Gasteiger partial charge < -0.3 is 15.5 Å². The van der Waals surface area contributed by atoms with E-state index in [1.165, 1.54) is 5.57 Å². The monoisotopic (exact) mass is 403 g/mol. The Morgan fingerprint density at radius 1 is 1.17 bits per heavy atom. The highest BCUT2D eigenvalue weighted by atomic mass is 16.2. The molecule has 2 heterocycles. The number of rotatable bonds is 4. The number of piperazine rings is 1. The summed E-state index contributed by atoms with van der Waals surface area (Å²) in [4.78, 5) is 19.7. The first-order chi connectivity index (χ1) is 14.7. The smallest absolute Gasteiger partial charge is 0.240 e. The van der Waals surface area contributed by atoms with Crippen LogP contribution in [0.3, 0.4) is 0 Å². The third-order valence-corrected chi connectivity index (χ3v) is 6.11. The molecule has 2 saturated heterocycles. The predicted molar refractivity (Wildman–Crippen MR) is 119 cm³/mol. The Kier molecular flexibility index (Phi) is 6.32. The maximum atomic E-state index is 13.3. The molecule has 1 aromatic rings. The Labute approximate surface area is 178 Å². The van der Waals surface area contributed by atoms with E-state index in [-0.39, 0.29) is 18.0 Å². The molecule has 30 heavy (non-hydrogen) atoms. The summed E-state index contributed by atoms with van der Waals surface area (Å²) >= 11 is 0. The molecule has 0 saturated carbocycles. The van der Waals surface area contributed by atoms with Crippen LogP contribution < -0.4 is 10.6 Å². The maximum Gasteiger partial charge on any atom is 0.240 e. The van der Waals surface area contributed by atoms with Crippen molar-refractivity contribution in [3.05, 3.63) is 65.8 Å². The van der Waals surface area contributed by atoms with Crippen LogP contribution in [0, 0.1) is 11.3 Å². The molecule has 2 unspecified atom stereocenters. The van der Waals surface area contributed by atoms with Crippen LogP contribution in [0.15, 0.2) is 60.2 Å². The highest BCUT2D eigenvalue weighted by molar-refractivity contribution is 5.83. The highest BCUT2D eigenvalue weighted by Gasteiger charge is 2.38. The lowest BCUT2D eigenvalue weighted by Gasteiger charge is -2.38. The zero-order valence-corrected chi connectivity index (χ0v) is 17.3. The first-order valence-electron chi connectivity index (χ1n) is 10.7. The van der Waals surface area contributed by atoms with Crippen LogP contribution in [0.1, 0.15) is 18.4 Å². The molecule has 2 aliphatic heterocycles. The van der Waals surface area contributed by atoms with Crippen LogP contribution in [0.5, 0.6) is 0 Å². The van der Waals surface area contributed by atoms with Crippen molar-refractivity contribution in [1.29, 1.82) is 5.26 Å². The van der Waals surface area contributed by atoms with Crippen molar-refractivity contribution < 1.29 is 4.79 Å². The third kappa shape index (κ3) is 4.48. The number of amides is 1. The molecule has 3 aliphatic rings. The average molecular weight is 404 g/mol. The van der Waals surface area contributed by atoms with Gasteiger partial charge in [-0.2, -0.15) is 5.26 Å². The fraction of sp³-hybridized carbons (Fsp3) is 0.417. The summed E-state index contributed by atoms with van der Waals surface area (Å²) in [6.07, 6.45) is 12.3. The van der Waals surface area contributed by atoms with Crippen molar-refractivity contribution in [2.75, 3.05) is 44.2 Å². The van der Waals surface area contributed by atoms with E-state index in [9.17, 15) is 10.1 Å². The molecular formula is C24H29N5O. The van der Waals surface area contributed by atoms with Gasteiger partial charge in [-0.15, -0.1) is 0 Å². The van der Waals surface area contributed by atoms with Gasteiger partial charge in [-0.1, -0.05) is 42.5 Å². The number of allylic oxidation sites excluding steroid dienone is 4. The molecule has 0 aromatic heterocycles. The van der Waals surface area contributed by atoms with E-state index in [0.717, 1.165) is 38.3 Å². The van der Waals surface area contributed by atoms with Crippen LogP contribution in [0.25, 0.3) is 0 Å². The first-order valence-corrected chi connectivity index (χ1v) is 10.7. The molecule has 0 bridgehead atoms. The summed E-state index contributed by atoms with van der Waals surface area (Å²) < 4.78 is 0. The summed E-state index contributed by atoms with van der Waals surface area (Å²) in [6.45, 7) is 4.32. The Morgan fingerprint density at radius 3 is 2.77 bits per heavy atom. The van der Waals surface area contributed by atoms with E-state index in [1.807, 2.05) is 29.2 Å². The van der Waals surface area contributed by atoms with Gasteiger partial charge in [0.15, 0.2) is 0 Å². The highest BCUT2D eigenvalue weighted by Crippen LogP contribution is 2.24. The summed E-state index contributed by atoms with van der Waals surface area (Å²) in [6, 6.07) is 9.81. The molecule has 0 spiro atoms. The number of nitriles is 1. The molecule has 2 fully saturated rings. The van der Waals surface area contributed by atoms with Crippen molar-refractivity contribution in [3.63, 3.8) is 0 Å². The summed E-state index contributed by atoms with van der Waals surface area (Å²) in [5.74, 6) is 0.185. The Hall–Kier alpha value is -2.88. The van der Waals surface area contributed by atoms with Gasteiger partial charge in [-0.05, 0) is 30.5 Å². The molecule has 1 amide bonds. The van der Waals surface area contributed by atoms with Gasteiger partial charge in [-0.25, -0.2) is 0 Å². The Bertz CT molecular complexity index is 904. The third-order valence-electron chi connectivity index (χ3n) is 6.11. The van der Waals surface area contributed by atoms with E-state index in [0.29, 0.717) is 25.1 Å². The van der Waals surface area contributed by atoms with Crippen LogP contribution >= 0.6 is 0 Å². The van der Waals surface area contributed by atoms with E-state index in [2.05, 4.69) is 46.2 Å². The Balaban J connectivity index is 1.39. The number of carbonyl (C=O) groups excluding carboxylic acids is 1. The molecular weight excluding hydrogens is 374 g/mol. The molecule has 2 atom stereocenters. The molecule has 1 aromatic carbocycles. The van der Waals surface area contributed by atoms with Crippen molar-refractivity contribution in [1.82, 2.24) is 9.80 Å². The molecule has 2 N–H and O–H groups in total. The number of nitrogens with zero attached hydrogens (tertiary/aromatic N) is 4. The van der Waals surface area contributed by atoms with E-state index in [4.69, 9.17) is 5.73 Å². The fourth-order valence-corrected chi connectivity index (χ4v) is 4.56. The topological polar surface area (TPSA) is 76.6 Å². The lowest BCUT2D eigenvalue weighted by molar-refractivity contribution is -0.136. The number of nitrogens with two attached hydrogens (primary N) is 1. The van der Waals surface area contributed by atoms with Crippen molar-refractivity contribution >= 4 is 11.6 Å². The quantitative estimate of drug-likeness (QED) is 0.833. The van der Waals surface area contributed by atoms with Gasteiger partial charge in [0.05, 0.1) is 17.3 Å². The number of carbonyl (C=O) groups is 1. The van der Waals surface area contributed by atoms with E-state index < -0.39 is 0 Å². The van der Waals surface area contributed by atoms with E-state index in [1.54, 1.807) is 0 Å². The van der Waals surface area contributed by atoms with Gasteiger partial charge in [0.2, 0.25) is 5.91 Å². The van der Waals surface area contributed by atoms with Crippen molar-refractivity contribution in [2.24, 2.45) is 5.73 Å². The Morgan fingerprint density at radius 2 is 1.97 bits per heavy atom. The maximum absolute atomic E-state index is 13.3. The number of para-hydroxylation sites is 1. The minimum absolute atomic E-state index is 0.0358. The van der Waals surface area contributed by atoms with E-state index >= 15 is 0 Å². The first kappa shape index (κ1) is 20.4.